The van der Waals surface area contributed by atoms with Crippen molar-refractivity contribution in [3.63, 3.8) is 0 Å². The van der Waals surface area contributed by atoms with Gasteiger partial charge in [0.25, 0.3) is 0 Å². The van der Waals surface area contributed by atoms with Crippen LogP contribution in [0, 0.1) is 5.82 Å². The van der Waals surface area contributed by atoms with Gasteiger partial charge in [-0.15, -0.1) is 0 Å². The number of nitrogens with one attached hydrogen (secondary N) is 1. The first-order chi connectivity index (χ1) is 10.5. The van der Waals surface area contributed by atoms with E-state index >= 15 is 0 Å². The highest BCUT2D eigenvalue weighted by molar-refractivity contribution is 9.10. The van der Waals surface area contributed by atoms with E-state index in [0.717, 1.165) is 10.5 Å². The summed E-state index contributed by atoms with van der Waals surface area (Å²) in [4.78, 5) is 11.3. The lowest BCUT2D eigenvalue weighted by atomic mass is 10.1. The molecule has 0 aliphatic heterocycles. The lowest BCUT2D eigenvalue weighted by Crippen LogP contribution is -2.16. The molecule has 0 unspecified atom stereocenters. The summed E-state index contributed by atoms with van der Waals surface area (Å²) in [6.07, 6.45) is 0. The SMILES string of the molecule is COc1cc(/C(=N\Nc2ccc(Br)cc2)C(=O)O)ccc1F. The fraction of sp³-hybridized carbons (Fsp3) is 0.0667. The fourth-order valence-corrected chi connectivity index (χ4v) is 1.95. The largest absolute Gasteiger partial charge is 0.494 e. The van der Waals surface area contributed by atoms with Crippen LogP contribution in [0.15, 0.2) is 52.0 Å². The van der Waals surface area contributed by atoms with Crippen LogP contribution in [0.5, 0.6) is 5.75 Å². The van der Waals surface area contributed by atoms with Crippen molar-refractivity contribution in [1.29, 1.82) is 0 Å². The van der Waals surface area contributed by atoms with Crippen LogP contribution in [0.25, 0.3) is 0 Å². The quantitative estimate of drug-likeness (QED) is 0.627. The second kappa shape index (κ2) is 7.04. The number of carboxylic acid groups (broad SMARTS) is 1. The maximum absolute atomic E-state index is 13.4. The number of carboxylic acids is 1. The molecule has 0 aliphatic carbocycles. The number of ether oxygens (including phenoxy) is 1. The molecule has 0 fully saturated rings. The first-order valence-electron chi connectivity index (χ1n) is 6.17. The number of anilines is 1. The molecule has 2 aromatic carbocycles. The van der Waals surface area contributed by atoms with E-state index in [1.807, 2.05) is 0 Å². The molecule has 0 aromatic heterocycles. The number of nitrogens with zero attached hydrogens (tertiary/aromatic N) is 1. The van der Waals surface area contributed by atoms with Crippen LogP contribution in [0.1, 0.15) is 5.56 Å². The third kappa shape index (κ3) is 3.82. The van der Waals surface area contributed by atoms with Gasteiger partial charge < -0.3 is 9.84 Å². The van der Waals surface area contributed by atoms with E-state index in [9.17, 15) is 14.3 Å². The predicted molar refractivity (Wildman–Crippen MR) is 84.9 cm³/mol. The summed E-state index contributed by atoms with van der Waals surface area (Å²) in [6, 6.07) is 10.8. The molecule has 0 amide bonds. The van der Waals surface area contributed by atoms with Crippen molar-refractivity contribution in [3.05, 3.63) is 58.3 Å². The molecule has 0 atom stereocenters. The van der Waals surface area contributed by atoms with E-state index < -0.39 is 11.8 Å². The van der Waals surface area contributed by atoms with Gasteiger partial charge in [-0.1, -0.05) is 15.9 Å². The van der Waals surface area contributed by atoms with E-state index in [0.29, 0.717) is 5.69 Å². The van der Waals surface area contributed by atoms with Crippen molar-refractivity contribution < 1.29 is 19.0 Å². The van der Waals surface area contributed by atoms with Gasteiger partial charge in [-0.25, -0.2) is 9.18 Å². The van der Waals surface area contributed by atoms with Crippen LogP contribution >= 0.6 is 15.9 Å². The molecule has 0 aliphatic rings. The number of hydrogen-bond donors (Lipinski definition) is 2. The molecular formula is C15H12BrFN2O3. The maximum Gasteiger partial charge on any atom is 0.356 e. The van der Waals surface area contributed by atoms with Crippen LogP contribution in [0.3, 0.4) is 0 Å². The van der Waals surface area contributed by atoms with Crippen molar-refractivity contribution in [3.8, 4) is 5.75 Å². The summed E-state index contributed by atoms with van der Waals surface area (Å²) in [7, 11) is 1.31. The van der Waals surface area contributed by atoms with Gasteiger partial charge in [0.15, 0.2) is 17.3 Å². The highest BCUT2D eigenvalue weighted by atomic mass is 79.9. The highest BCUT2D eigenvalue weighted by Gasteiger charge is 2.15. The number of methoxy groups -OCH3 is 1. The van der Waals surface area contributed by atoms with Gasteiger partial charge in [0, 0.05) is 10.0 Å². The summed E-state index contributed by atoms with van der Waals surface area (Å²) >= 11 is 3.30. The molecule has 7 heteroatoms. The highest BCUT2D eigenvalue weighted by Crippen LogP contribution is 2.19. The van der Waals surface area contributed by atoms with Crippen LogP contribution in [0.4, 0.5) is 10.1 Å². The normalized spacial score (nSPS) is 11.1. The standard InChI is InChI=1S/C15H12BrFN2O3/c1-22-13-8-9(2-7-12(13)17)14(15(20)21)19-18-11-5-3-10(16)4-6-11/h2-8,18H,1H3,(H,20,21)/b19-14+. The smallest absolute Gasteiger partial charge is 0.356 e. The van der Waals surface area contributed by atoms with Gasteiger partial charge in [0.1, 0.15) is 0 Å². The molecule has 0 spiro atoms. The number of carbonyl (C=O) groups is 1. The number of hydrazone groups is 1. The van der Waals surface area contributed by atoms with Gasteiger partial charge in [0.05, 0.1) is 12.8 Å². The summed E-state index contributed by atoms with van der Waals surface area (Å²) in [5.41, 5.74) is 3.26. The van der Waals surface area contributed by atoms with E-state index in [1.54, 1.807) is 24.3 Å². The van der Waals surface area contributed by atoms with Crippen molar-refractivity contribution >= 4 is 33.3 Å². The monoisotopic (exact) mass is 366 g/mol. The molecule has 0 bridgehead atoms. The molecule has 22 heavy (non-hydrogen) atoms. The molecule has 0 radical (unpaired) electrons. The molecular weight excluding hydrogens is 355 g/mol. The Balaban J connectivity index is 2.31. The molecule has 114 valence electrons. The van der Waals surface area contributed by atoms with Crippen LogP contribution in [-0.4, -0.2) is 23.9 Å². The number of halogens is 2. The number of benzene rings is 2. The van der Waals surface area contributed by atoms with Crippen molar-refractivity contribution in [1.82, 2.24) is 0 Å². The van der Waals surface area contributed by atoms with Gasteiger partial charge in [-0.2, -0.15) is 5.10 Å². The Morgan fingerprint density at radius 2 is 1.95 bits per heavy atom. The zero-order valence-corrected chi connectivity index (χ0v) is 13.1. The topological polar surface area (TPSA) is 70.9 Å². The lowest BCUT2D eigenvalue weighted by molar-refractivity contribution is -0.129. The molecule has 2 aromatic rings. The third-order valence-corrected chi connectivity index (χ3v) is 3.30. The van der Waals surface area contributed by atoms with Gasteiger partial charge >= 0.3 is 5.97 Å². The van der Waals surface area contributed by atoms with Gasteiger partial charge in [-0.05, 0) is 42.5 Å². The Bertz CT molecular complexity index is 717. The summed E-state index contributed by atoms with van der Waals surface area (Å²) < 4.78 is 19.1. The summed E-state index contributed by atoms with van der Waals surface area (Å²) in [5, 5.41) is 13.1. The second-order valence-electron chi connectivity index (χ2n) is 4.23. The Hall–Kier alpha value is -2.41. The molecule has 2 N–H and O–H groups in total. The molecule has 0 saturated heterocycles. The van der Waals surface area contributed by atoms with Crippen molar-refractivity contribution in [2.75, 3.05) is 12.5 Å². The van der Waals surface area contributed by atoms with Gasteiger partial charge in [0.2, 0.25) is 0 Å². The first kappa shape index (κ1) is 16.0. The minimum atomic E-state index is -1.24. The first-order valence-corrected chi connectivity index (χ1v) is 6.97. The third-order valence-electron chi connectivity index (χ3n) is 2.77. The zero-order valence-electron chi connectivity index (χ0n) is 11.5. The van der Waals surface area contributed by atoms with Crippen LogP contribution < -0.4 is 10.2 Å². The Morgan fingerprint density at radius 1 is 1.27 bits per heavy atom. The molecule has 2 rings (SSSR count). The van der Waals surface area contributed by atoms with E-state index in [1.165, 1.54) is 19.2 Å². The van der Waals surface area contributed by atoms with Crippen LogP contribution in [-0.2, 0) is 4.79 Å². The minimum absolute atomic E-state index is 0.0462. The molecule has 0 heterocycles. The summed E-state index contributed by atoms with van der Waals surface area (Å²) in [5.74, 6) is -1.86. The number of hydrogen-bond acceptors (Lipinski definition) is 4. The average Bonchev–Trinajstić information content (AvgIpc) is 2.50. The average molecular weight is 367 g/mol. The van der Waals surface area contributed by atoms with E-state index in [-0.39, 0.29) is 17.0 Å². The fourth-order valence-electron chi connectivity index (χ4n) is 1.69. The Labute approximate surface area is 134 Å². The lowest BCUT2D eigenvalue weighted by Gasteiger charge is -2.07. The van der Waals surface area contributed by atoms with Crippen LogP contribution in [0.2, 0.25) is 0 Å². The van der Waals surface area contributed by atoms with E-state index in [2.05, 4.69) is 26.5 Å². The minimum Gasteiger partial charge on any atom is -0.494 e. The zero-order chi connectivity index (χ0) is 16.1. The Kier molecular flexibility index (Phi) is 5.11. The molecule has 0 saturated carbocycles. The van der Waals surface area contributed by atoms with Crippen molar-refractivity contribution in [2.24, 2.45) is 5.10 Å². The molecule has 5 nitrogen and oxygen atoms in total. The second-order valence-corrected chi connectivity index (χ2v) is 5.15. The van der Waals surface area contributed by atoms with E-state index in [4.69, 9.17) is 4.74 Å². The Morgan fingerprint density at radius 3 is 2.55 bits per heavy atom. The number of aliphatic carboxylic acids is 1. The summed E-state index contributed by atoms with van der Waals surface area (Å²) in [6.45, 7) is 0. The maximum atomic E-state index is 13.4. The van der Waals surface area contributed by atoms with Crippen molar-refractivity contribution in [2.45, 2.75) is 0 Å². The number of rotatable bonds is 5. The van der Waals surface area contributed by atoms with Gasteiger partial charge in [-0.3, -0.25) is 5.43 Å². The predicted octanol–water partition coefficient (Wildman–Crippen LogP) is 3.50.